The third kappa shape index (κ3) is 18.2. The summed E-state index contributed by atoms with van der Waals surface area (Å²) in [6.45, 7) is 14.1. The van der Waals surface area contributed by atoms with Crippen LogP contribution < -0.4 is 5.32 Å². The Labute approximate surface area is 309 Å². The molecule has 5 atom stereocenters. The number of hydrogen-bond acceptors (Lipinski definition) is 15. The highest BCUT2D eigenvalue weighted by Gasteiger charge is 2.45. The molecule has 1 N–H and O–H groups in total. The smallest absolute Gasteiger partial charge is 0.408 e. The number of amides is 2. The number of ether oxygens (including phenoxy) is 7. The molecular weight excluding hydrogens is 700 g/mol. The lowest BCUT2D eigenvalue weighted by Gasteiger charge is -2.37. The van der Waals surface area contributed by atoms with Gasteiger partial charge in [-0.25, -0.2) is 9.59 Å². The van der Waals surface area contributed by atoms with Crippen LogP contribution >= 0.6 is 0 Å². The zero-order chi connectivity index (χ0) is 40.8. The maximum absolute atomic E-state index is 14.1. The highest BCUT2D eigenvalue weighted by Crippen LogP contribution is 2.22. The second-order valence-corrected chi connectivity index (χ2v) is 14.1. The fourth-order valence-corrected chi connectivity index (χ4v) is 4.75. The number of nitrogens with zero attached hydrogens (tertiary/aromatic N) is 1. The van der Waals surface area contributed by atoms with E-state index in [2.05, 4.69) is 5.32 Å². The van der Waals surface area contributed by atoms with Crippen LogP contribution in [0.15, 0.2) is 24.3 Å². The lowest BCUT2D eigenvalue weighted by Crippen LogP contribution is -2.57. The zero-order valence-electron chi connectivity index (χ0n) is 32.4. The van der Waals surface area contributed by atoms with Crippen molar-refractivity contribution in [3.8, 4) is 0 Å². The van der Waals surface area contributed by atoms with Gasteiger partial charge in [-0.05, 0) is 59.2 Å². The second-order valence-electron chi connectivity index (χ2n) is 14.1. The lowest BCUT2D eigenvalue weighted by molar-refractivity contribution is -0.203. The maximum Gasteiger partial charge on any atom is 0.408 e. The van der Waals surface area contributed by atoms with E-state index in [1.165, 1.54) is 19.2 Å². The summed E-state index contributed by atoms with van der Waals surface area (Å²) >= 11 is 0. The standard InChI is InChI=1S/C36H52N2O15/c1-20(39)47-19-29(49-22(3)41)31(51-24(5)43)30(50-23(4)42)28(48-21(2)40)18-38(12)32(44)27(37-34(46)53-36(9,10)11)17-25-13-15-26(16-14-25)33(45)52-35(6,7)8/h13-16,27-31H,17-19H2,1-12H3,(H,37,46)/t27-,28+,29-,30-,31-/m0/s1. The molecule has 0 unspecified atom stereocenters. The van der Waals surface area contributed by atoms with Crippen LogP contribution in [0.2, 0.25) is 0 Å². The number of carbonyl (C=O) groups is 8. The average molecular weight is 753 g/mol. The van der Waals surface area contributed by atoms with Gasteiger partial charge in [-0.3, -0.25) is 28.8 Å². The van der Waals surface area contributed by atoms with E-state index in [-0.39, 0.29) is 12.0 Å². The van der Waals surface area contributed by atoms with Crippen molar-refractivity contribution < 1.29 is 71.5 Å². The van der Waals surface area contributed by atoms with Crippen molar-refractivity contribution in [3.05, 3.63) is 35.4 Å². The second kappa shape index (κ2) is 20.1. The van der Waals surface area contributed by atoms with Crippen molar-refractivity contribution in [1.82, 2.24) is 10.2 Å². The first-order valence-electron chi connectivity index (χ1n) is 16.7. The van der Waals surface area contributed by atoms with E-state index in [9.17, 15) is 38.4 Å². The van der Waals surface area contributed by atoms with Crippen LogP contribution in [0.5, 0.6) is 0 Å². The summed E-state index contributed by atoms with van der Waals surface area (Å²) in [5, 5.41) is 2.55. The van der Waals surface area contributed by atoms with Gasteiger partial charge in [-0.1, -0.05) is 12.1 Å². The summed E-state index contributed by atoms with van der Waals surface area (Å²) < 4.78 is 37.4. The normalized spacial score (nSPS) is 14.1. The highest BCUT2D eigenvalue weighted by molar-refractivity contribution is 5.90. The summed E-state index contributed by atoms with van der Waals surface area (Å²) in [5.74, 6) is -5.72. The van der Waals surface area contributed by atoms with Crippen molar-refractivity contribution in [1.29, 1.82) is 0 Å². The van der Waals surface area contributed by atoms with Crippen LogP contribution in [0.1, 0.15) is 92.1 Å². The van der Waals surface area contributed by atoms with Crippen LogP contribution in [0.25, 0.3) is 0 Å². The predicted octanol–water partition coefficient (Wildman–Crippen LogP) is 2.83. The predicted molar refractivity (Wildman–Crippen MR) is 185 cm³/mol. The summed E-state index contributed by atoms with van der Waals surface area (Å²) in [4.78, 5) is 101. The molecule has 0 aliphatic carbocycles. The highest BCUT2D eigenvalue weighted by atomic mass is 16.6. The summed E-state index contributed by atoms with van der Waals surface area (Å²) in [6, 6.07) is 4.88. The van der Waals surface area contributed by atoms with Gasteiger partial charge in [0.05, 0.1) is 12.1 Å². The van der Waals surface area contributed by atoms with Crippen LogP contribution in [0.3, 0.4) is 0 Å². The minimum absolute atomic E-state index is 0.102. The fourth-order valence-electron chi connectivity index (χ4n) is 4.75. The van der Waals surface area contributed by atoms with Crippen molar-refractivity contribution in [2.24, 2.45) is 0 Å². The minimum Gasteiger partial charge on any atom is -0.462 e. The summed E-state index contributed by atoms with van der Waals surface area (Å²) in [5.41, 5.74) is -0.867. The molecule has 0 heterocycles. The number of likely N-dealkylation sites (N-methyl/N-ethyl adjacent to an activating group) is 1. The molecule has 0 aliphatic heterocycles. The molecule has 17 heteroatoms. The Morgan fingerprint density at radius 3 is 1.53 bits per heavy atom. The molecule has 1 rings (SSSR count). The molecule has 2 amide bonds. The fraction of sp³-hybridized carbons (Fsp3) is 0.611. The SMILES string of the molecule is CC(=O)OC[C@H](OC(C)=O)[C@H](OC(C)=O)[C@@H](OC(C)=O)[C@@H](CN(C)C(=O)[C@H](Cc1ccc(C(=O)OC(C)(C)C)cc1)NC(=O)OC(C)(C)C)OC(C)=O. The topological polar surface area (TPSA) is 216 Å². The average Bonchev–Trinajstić information content (AvgIpc) is 2.97. The molecule has 0 bridgehead atoms. The minimum atomic E-state index is -1.73. The zero-order valence-corrected chi connectivity index (χ0v) is 32.4. The molecule has 0 saturated carbocycles. The van der Waals surface area contributed by atoms with Crippen molar-refractivity contribution in [3.63, 3.8) is 0 Å². The Hall–Kier alpha value is -5.22. The Morgan fingerprint density at radius 1 is 0.642 bits per heavy atom. The quantitative estimate of drug-likeness (QED) is 0.190. The van der Waals surface area contributed by atoms with Crippen LogP contribution in [-0.4, -0.2) is 115 Å². The summed E-state index contributed by atoms with van der Waals surface area (Å²) in [6.07, 6.45) is -7.61. The number of nitrogens with one attached hydrogen (secondary N) is 1. The molecule has 296 valence electrons. The van der Waals surface area contributed by atoms with Gasteiger partial charge >= 0.3 is 41.9 Å². The van der Waals surface area contributed by atoms with Gasteiger partial charge in [0.1, 0.15) is 23.9 Å². The molecule has 17 nitrogen and oxygen atoms in total. The maximum atomic E-state index is 14.1. The third-order valence-corrected chi connectivity index (χ3v) is 6.59. The summed E-state index contributed by atoms with van der Waals surface area (Å²) in [7, 11) is 1.31. The molecule has 0 aliphatic rings. The van der Waals surface area contributed by atoms with Gasteiger partial charge in [0.25, 0.3) is 0 Å². The van der Waals surface area contributed by atoms with E-state index in [1.807, 2.05) is 0 Å². The Balaban J connectivity index is 3.63. The molecular formula is C36H52N2O15. The molecule has 1 aromatic carbocycles. The van der Waals surface area contributed by atoms with Crippen LogP contribution in [-0.2, 0) is 68.3 Å². The van der Waals surface area contributed by atoms with Crippen molar-refractivity contribution in [2.75, 3.05) is 20.2 Å². The van der Waals surface area contributed by atoms with Gasteiger partial charge in [-0.15, -0.1) is 0 Å². The number of alkyl carbamates (subject to hydrolysis) is 1. The Kier molecular flexibility index (Phi) is 17.4. The molecule has 0 radical (unpaired) electrons. The van der Waals surface area contributed by atoms with Gasteiger partial charge in [-0.2, -0.15) is 0 Å². The largest absolute Gasteiger partial charge is 0.462 e. The molecule has 53 heavy (non-hydrogen) atoms. The van der Waals surface area contributed by atoms with E-state index in [1.54, 1.807) is 53.7 Å². The van der Waals surface area contributed by atoms with E-state index >= 15 is 0 Å². The van der Waals surface area contributed by atoms with Crippen molar-refractivity contribution >= 4 is 47.8 Å². The molecule has 0 saturated heterocycles. The third-order valence-electron chi connectivity index (χ3n) is 6.59. The molecule has 0 aromatic heterocycles. The van der Waals surface area contributed by atoms with Gasteiger partial charge in [0, 0.05) is 48.1 Å². The number of hydrogen-bond donors (Lipinski definition) is 1. The number of rotatable bonds is 16. The first kappa shape index (κ1) is 45.8. The molecule has 1 aromatic rings. The van der Waals surface area contributed by atoms with Crippen LogP contribution in [0.4, 0.5) is 4.79 Å². The first-order chi connectivity index (χ1) is 24.3. The van der Waals surface area contributed by atoms with Gasteiger partial charge < -0.3 is 43.4 Å². The van der Waals surface area contributed by atoms with E-state index in [0.29, 0.717) is 5.56 Å². The Bertz CT molecular complexity index is 1480. The number of esters is 6. The Morgan fingerprint density at radius 2 is 1.09 bits per heavy atom. The monoisotopic (exact) mass is 752 g/mol. The van der Waals surface area contributed by atoms with Gasteiger partial charge in [0.2, 0.25) is 5.91 Å². The number of carbonyl (C=O) groups excluding carboxylic acids is 8. The lowest BCUT2D eigenvalue weighted by atomic mass is 10.00. The van der Waals surface area contributed by atoms with Crippen molar-refractivity contribution in [2.45, 2.75) is 124 Å². The number of benzene rings is 1. The first-order valence-corrected chi connectivity index (χ1v) is 16.7. The molecule has 0 spiro atoms. The van der Waals surface area contributed by atoms with E-state index < -0.39 is 103 Å². The van der Waals surface area contributed by atoms with Crippen LogP contribution in [0, 0.1) is 0 Å². The van der Waals surface area contributed by atoms with E-state index in [4.69, 9.17) is 33.2 Å². The van der Waals surface area contributed by atoms with Gasteiger partial charge in [0.15, 0.2) is 24.4 Å². The van der Waals surface area contributed by atoms with E-state index in [0.717, 1.165) is 39.5 Å². The molecule has 0 fully saturated rings.